The zero-order valence-electron chi connectivity index (χ0n) is 8.73. The fraction of sp³-hybridized carbons (Fsp3) is 0.250. The molecule has 1 aromatic heterocycles. The van der Waals surface area contributed by atoms with Gasteiger partial charge in [-0.15, -0.1) is 0 Å². The maximum absolute atomic E-state index is 7.06. The molecule has 0 N–H and O–H groups in total. The fourth-order valence-corrected chi connectivity index (χ4v) is 1.62. The normalized spacial score (nSPS) is 10.5. The summed E-state index contributed by atoms with van der Waals surface area (Å²) in [5.74, 6) is 0.393. The first-order valence-corrected chi connectivity index (χ1v) is 4.85. The van der Waals surface area contributed by atoms with Crippen LogP contribution in [0.25, 0.3) is 15.9 Å². The molecule has 2 aromatic rings. The van der Waals surface area contributed by atoms with Crippen LogP contribution in [0.3, 0.4) is 0 Å². The molecule has 0 bridgehead atoms. The van der Waals surface area contributed by atoms with Gasteiger partial charge in [0, 0.05) is 12.4 Å². The molecule has 0 spiro atoms. The minimum absolute atomic E-state index is 0.393. The number of hydrogen-bond acceptors (Lipinski definition) is 2. The highest BCUT2D eigenvalue weighted by Crippen LogP contribution is 2.29. The number of aromatic nitrogens is 2. The third-order valence-electron chi connectivity index (χ3n) is 2.38. The van der Waals surface area contributed by atoms with E-state index in [0.717, 1.165) is 11.1 Å². The topological polar surface area (TPSA) is 30.1 Å². The molecule has 0 aliphatic heterocycles. The molecule has 1 aromatic carbocycles. The molecule has 2 rings (SSSR count). The van der Waals surface area contributed by atoms with E-state index in [1.807, 2.05) is 12.1 Å². The average molecular weight is 197 g/mol. The molecule has 0 radical (unpaired) electrons. The van der Waals surface area contributed by atoms with Crippen molar-refractivity contribution >= 4 is 16.7 Å². The van der Waals surface area contributed by atoms with Crippen LogP contribution in [0.5, 0.6) is 0 Å². The van der Waals surface area contributed by atoms with E-state index in [1.54, 1.807) is 12.4 Å². The van der Waals surface area contributed by atoms with Gasteiger partial charge in [-0.1, -0.05) is 26.0 Å². The van der Waals surface area contributed by atoms with E-state index in [2.05, 4.69) is 28.7 Å². The van der Waals surface area contributed by atoms with Crippen molar-refractivity contribution in [2.45, 2.75) is 19.8 Å². The van der Waals surface area contributed by atoms with Crippen LogP contribution < -0.4 is 0 Å². The second kappa shape index (κ2) is 3.66. The second-order valence-electron chi connectivity index (χ2n) is 3.69. The second-order valence-corrected chi connectivity index (χ2v) is 3.69. The van der Waals surface area contributed by atoms with Gasteiger partial charge in [0.15, 0.2) is 0 Å². The highest BCUT2D eigenvalue weighted by atomic mass is 14.8. The van der Waals surface area contributed by atoms with Crippen LogP contribution in [0.2, 0.25) is 0 Å². The van der Waals surface area contributed by atoms with E-state index >= 15 is 0 Å². The first-order valence-electron chi connectivity index (χ1n) is 4.85. The summed E-state index contributed by atoms with van der Waals surface area (Å²) in [5.41, 5.74) is 3.27. The molecular formula is C12H11N3. The largest absolute Gasteiger partial charge is 0.265 e. The summed E-state index contributed by atoms with van der Waals surface area (Å²) in [7, 11) is 0. The van der Waals surface area contributed by atoms with Crippen LogP contribution in [0.4, 0.5) is 5.69 Å². The monoisotopic (exact) mass is 197 g/mol. The Hall–Kier alpha value is -1.95. The smallest absolute Gasteiger partial charge is 0.214 e. The molecule has 0 aliphatic carbocycles. The maximum atomic E-state index is 7.06. The third kappa shape index (κ3) is 1.55. The average Bonchev–Trinajstić information content (AvgIpc) is 2.27. The van der Waals surface area contributed by atoms with Crippen molar-refractivity contribution in [3.05, 3.63) is 41.5 Å². The quantitative estimate of drug-likeness (QED) is 0.656. The molecule has 0 amide bonds. The van der Waals surface area contributed by atoms with Crippen molar-refractivity contribution in [3.8, 4) is 0 Å². The number of benzene rings is 1. The van der Waals surface area contributed by atoms with Gasteiger partial charge < -0.3 is 0 Å². The number of fused-ring (bicyclic) bond motifs is 1. The third-order valence-corrected chi connectivity index (χ3v) is 2.38. The Kier molecular flexibility index (Phi) is 2.34. The summed E-state index contributed by atoms with van der Waals surface area (Å²) in [6.07, 6.45) is 3.29. The minimum atomic E-state index is 0.393. The molecule has 0 atom stereocenters. The summed E-state index contributed by atoms with van der Waals surface area (Å²) in [4.78, 5) is 12.0. The lowest BCUT2D eigenvalue weighted by Gasteiger charge is -2.08. The van der Waals surface area contributed by atoms with Crippen LogP contribution in [0, 0.1) is 6.57 Å². The van der Waals surface area contributed by atoms with E-state index in [9.17, 15) is 0 Å². The Morgan fingerprint density at radius 2 is 1.80 bits per heavy atom. The first kappa shape index (κ1) is 9.60. The predicted molar refractivity (Wildman–Crippen MR) is 59.9 cm³/mol. The summed E-state index contributed by atoms with van der Waals surface area (Å²) in [6.45, 7) is 11.3. The van der Waals surface area contributed by atoms with Crippen molar-refractivity contribution in [3.63, 3.8) is 0 Å². The standard InChI is InChI=1S/C12H11N3/c1-8(2)9-4-5-10(13-3)12-11(9)14-6-7-15-12/h4-8H,1-2H3. The van der Waals surface area contributed by atoms with Gasteiger partial charge in [-0.05, 0) is 11.5 Å². The SMILES string of the molecule is [C-]#[N+]c1ccc(C(C)C)c2nccnc12. The van der Waals surface area contributed by atoms with Gasteiger partial charge in [-0.3, -0.25) is 9.97 Å². The van der Waals surface area contributed by atoms with Crippen molar-refractivity contribution < 1.29 is 0 Å². The highest BCUT2D eigenvalue weighted by Gasteiger charge is 2.09. The molecule has 0 saturated heterocycles. The first-order chi connectivity index (χ1) is 7.24. The van der Waals surface area contributed by atoms with Crippen LogP contribution in [0.15, 0.2) is 24.5 Å². The van der Waals surface area contributed by atoms with Crippen LogP contribution in [-0.2, 0) is 0 Å². The molecule has 0 saturated carbocycles. The van der Waals surface area contributed by atoms with E-state index < -0.39 is 0 Å². The van der Waals surface area contributed by atoms with Crippen molar-refractivity contribution in [2.75, 3.05) is 0 Å². The van der Waals surface area contributed by atoms with Gasteiger partial charge in [-0.25, -0.2) is 4.85 Å². The molecule has 0 fully saturated rings. The lowest BCUT2D eigenvalue weighted by Crippen LogP contribution is -1.92. The molecular weight excluding hydrogens is 186 g/mol. The summed E-state index contributed by atoms with van der Waals surface area (Å²) >= 11 is 0. The van der Waals surface area contributed by atoms with Gasteiger partial charge in [0.2, 0.25) is 5.69 Å². The van der Waals surface area contributed by atoms with Crippen LogP contribution in [-0.4, -0.2) is 9.97 Å². The summed E-state index contributed by atoms with van der Waals surface area (Å²) < 4.78 is 0. The molecule has 3 nitrogen and oxygen atoms in total. The van der Waals surface area contributed by atoms with Crippen LogP contribution >= 0.6 is 0 Å². The Morgan fingerprint density at radius 3 is 2.40 bits per heavy atom. The Labute approximate surface area is 88.6 Å². The molecule has 15 heavy (non-hydrogen) atoms. The Morgan fingerprint density at radius 1 is 1.13 bits per heavy atom. The molecule has 0 aliphatic rings. The maximum Gasteiger partial charge on any atom is 0.214 e. The summed E-state index contributed by atoms with van der Waals surface area (Å²) in [5, 5.41) is 0. The molecule has 74 valence electrons. The van der Waals surface area contributed by atoms with E-state index in [1.165, 1.54) is 0 Å². The van der Waals surface area contributed by atoms with Gasteiger partial charge in [-0.2, -0.15) is 0 Å². The fourth-order valence-electron chi connectivity index (χ4n) is 1.62. The van der Waals surface area contributed by atoms with E-state index in [4.69, 9.17) is 6.57 Å². The predicted octanol–water partition coefficient (Wildman–Crippen LogP) is 3.30. The van der Waals surface area contributed by atoms with Gasteiger partial charge in [0.1, 0.15) is 0 Å². The minimum Gasteiger partial charge on any atom is -0.265 e. The van der Waals surface area contributed by atoms with Crippen LogP contribution in [0.1, 0.15) is 25.3 Å². The van der Waals surface area contributed by atoms with E-state index in [-0.39, 0.29) is 0 Å². The van der Waals surface area contributed by atoms with Gasteiger partial charge >= 0.3 is 0 Å². The van der Waals surface area contributed by atoms with Crippen molar-refractivity contribution in [1.29, 1.82) is 0 Å². The van der Waals surface area contributed by atoms with E-state index in [0.29, 0.717) is 17.1 Å². The Balaban J connectivity index is 2.85. The lowest BCUT2D eigenvalue weighted by molar-refractivity contribution is 0.872. The molecule has 0 unspecified atom stereocenters. The molecule has 3 heteroatoms. The van der Waals surface area contributed by atoms with Gasteiger partial charge in [0.25, 0.3) is 0 Å². The van der Waals surface area contributed by atoms with Gasteiger partial charge in [0.05, 0.1) is 17.6 Å². The highest BCUT2D eigenvalue weighted by molar-refractivity contribution is 5.90. The van der Waals surface area contributed by atoms with Crippen molar-refractivity contribution in [2.24, 2.45) is 0 Å². The number of rotatable bonds is 1. The number of hydrogen-bond donors (Lipinski definition) is 0. The van der Waals surface area contributed by atoms with Crippen molar-refractivity contribution in [1.82, 2.24) is 9.97 Å². The molecule has 1 heterocycles. The zero-order valence-corrected chi connectivity index (χ0v) is 8.73. The summed E-state index contributed by atoms with van der Waals surface area (Å²) in [6, 6.07) is 3.79. The lowest BCUT2D eigenvalue weighted by atomic mass is 10.0. The Bertz CT molecular complexity index is 538. The number of nitrogens with zero attached hydrogens (tertiary/aromatic N) is 3. The zero-order chi connectivity index (χ0) is 10.8.